The largest absolute Gasteiger partial charge is 0.325 e. The Labute approximate surface area is 142 Å². The zero-order chi connectivity index (χ0) is 17.1. The van der Waals surface area contributed by atoms with Crippen LogP contribution >= 0.6 is 0 Å². The van der Waals surface area contributed by atoms with Crippen LogP contribution in [-0.2, 0) is 4.79 Å². The molecule has 1 aromatic heterocycles. The second kappa shape index (κ2) is 7.15. The normalized spacial score (nSPS) is 18.8. The van der Waals surface area contributed by atoms with Crippen molar-refractivity contribution < 1.29 is 9.59 Å². The highest BCUT2D eigenvalue weighted by Gasteiger charge is 2.30. The molecule has 2 aliphatic rings. The number of anilines is 1. The van der Waals surface area contributed by atoms with Crippen LogP contribution in [0.15, 0.2) is 6.20 Å². The maximum absolute atomic E-state index is 12.5. The van der Waals surface area contributed by atoms with Gasteiger partial charge in [-0.05, 0) is 39.5 Å². The van der Waals surface area contributed by atoms with Gasteiger partial charge < -0.3 is 15.1 Å². The molecule has 24 heavy (non-hydrogen) atoms. The van der Waals surface area contributed by atoms with Crippen LogP contribution in [0.4, 0.5) is 10.6 Å². The monoisotopic (exact) mass is 331 g/mol. The summed E-state index contributed by atoms with van der Waals surface area (Å²) >= 11 is 0. The molecule has 0 bridgehead atoms. The van der Waals surface area contributed by atoms with Crippen molar-refractivity contribution >= 4 is 17.8 Å². The molecule has 2 fully saturated rings. The fourth-order valence-corrected chi connectivity index (χ4v) is 3.32. The molecule has 130 valence electrons. The van der Waals surface area contributed by atoms with E-state index in [0.717, 1.165) is 31.5 Å². The number of piperidine rings is 1. The zero-order valence-corrected chi connectivity index (χ0v) is 14.4. The number of likely N-dealkylation sites (tertiary alicyclic amines) is 2. The minimum Gasteiger partial charge on any atom is -0.325 e. The van der Waals surface area contributed by atoms with Crippen LogP contribution in [0.25, 0.3) is 0 Å². The lowest BCUT2D eigenvalue weighted by Crippen LogP contribution is -2.47. The summed E-state index contributed by atoms with van der Waals surface area (Å²) in [6, 6.07) is 0.133. The van der Waals surface area contributed by atoms with E-state index in [2.05, 4.69) is 15.3 Å². The number of amides is 3. The van der Waals surface area contributed by atoms with E-state index >= 15 is 0 Å². The molecule has 0 saturated carbocycles. The summed E-state index contributed by atoms with van der Waals surface area (Å²) in [6.07, 6.45) is 5.32. The molecule has 0 radical (unpaired) electrons. The van der Waals surface area contributed by atoms with Crippen molar-refractivity contribution in [2.45, 2.75) is 39.5 Å². The van der Waals surface area contributed by atoms with Gasteiger partial charge in [-0.15, -0.1) is 0 Å². The molecule has 7 heteroatoms. The molecule has 1 aromatic rings. The quantitative estimate of drug-likeness (QED) is 0.898. The lowest BCUT2D eigenvalue weighted by molar-refractivity contribution is -0.121. The highest BCUT2D eigenvalue weighted by molar-refractivity contribution is 5.92. The maximum Gasteiger partial charge on any atom is 0.319 e. The second-order valence-corrected chi connectivity index (χ2v) is 6.68. The minimum atomic E-state index is -0.0673. The van der Waals surface area contributed by atoms with E-state index in [9.17, 15) is 9.59 Å². The summed E-state index contributed by atoms with van der Waals surface area (Å²) in [4.78, 5) is 37.1. The van der Waals surface area contributed by atoms with Crippen molar-refractivity contribution in [3.05, 3.63) is 17.6 Å². The maximum atomic E-state index is 12.5. The number of urea groups is 1. The van der Waals surface area contributed by atoms with Gasteiger partial charge >= 0.3 is 6.03 Å². The highest BCUT2D eigenvalue weighted by atomic mass is 16.2. The molecule has 0 atom stereocenters. The van der Waals surface area contributed by atoms with Crippen molar-refractivity contribution in [3.8, 4) is 0 Å². The van der Waals surface area contributed by atoms with Crippen molar-refractivity contribution in [2.75, 3.05) is 31.5 Å². The summed E-state index contributed by atoms with van der Waals surface area (Å²) in [5, 5.41) is 2.92. The van der Waals surface area contributed by atoms with E-state index in [1.54, 1.807) is 13.1 Å². The van der Waals surface area contributed by atoms with Crippen LogP contribution in [0.1, 0.15) is 37.1 Å². The molecule has 2 saturated heterocycles. The highest BCUT2D eigenvalue weighted by Crippen LogP contribution is 2.22. The molecule has 2 aliphatic heterocycles. The first-order valence-electron chi connectivity index (χ1n) is 8.69. The third-order valence-corrected chi connectivity index (χ3v) is 4.85. The predicted molar refractivity (Wildman–Crippen MR) is 90.6 cm³/mol. The first-order chi connectivity index (χ1) is 11.5. The average Bonchev–Trinajstić information content (AvgIpc) is 3.12. The van der Waals surface area contributed by atoms with Crippen LogP contribution in [0, 0.1) is 19.8 Å². The topological polar surface area (TPSA) is 78.4 Å². The van der Waals surface area contributed by atoms with E-state index in [-0.39, 0.29) is 17.9 Å². The Balaban J connectivity index is 1.53. The number of nitrogens with one attached hydrogen (secondary N) is 1. The van der Waals surface area contributed by atoms with Crippen molar-refractivity contribution in [2.24, 2.45) is 5.92 Å². The third-order valence-electron chi connectivity index (χ3n) is 4.85. The van der Waals surface area contributed by atoms with Gasteiger partial charge in [0.15, 0.2) is 0 Å². The lowest BCUT2D eigenvalue weighted by atomic mass is 9.96. The Bertz CT molecular complexity index is 619. The first-order valence-corrected chi connectivity index (χ1v) is 8.69. The summed E-state index contributed by atoms with van der Waals surface area (Å²) < 4.78 is 0. The van der Waals surface area contributed by atoms with Crippen molar-refractivity contribution in [1.82, 2.24) is 19.8 Å². The summed E-state index contributed by atoms with van der Waals surface area (Å²) in [5.74, 6) is 1.15. The fraction of sp³-hybridized carbons (Fsp3) is 0.647. The Hall–Kier alpha value is -2.18. The molecule has 1 N–H and O–H groups in total. The SMILES string of the molecule is Cc1ncc(C)c(NC(=O)C2CCN(C(=O)N3CCCC3)CC2)n1. The molecule has 0 aromatic carbocycles. The third kappa shape index (κ3) is 3.66. The number of aryl methyl sites for hydroxylation is 2. The second-order valence-electron chi connectivity index (χ2n) is 6.68. The number of hydrogen-bond donors (Lipinski definition) is 1. The van der Waals surface area contributed by atoms with E-state index in [1.165, 1.54) is 0 Å². The number of carbonyl (C=O) groups excluding carboxylic acids is 2. The van der Waals surface area contributed by atoms with Crippen LogP contribution in [0.2, 0.25) is 0 Å². The van der Waals surface area contributed by atoms with Gasteiger partial charge in [-0.25, -0.2) is 14.8 Å². The van der Waals surface area contributed by atoms with Gasteiger partial charge in [0.1, 0.15) is 11.6 Å². The van der Waals surface area contributed by atoms with E-state index in [1.807, 2.05) is 16.7 Å². The molecule has 7 nitrogen and oxygen atoms in total. The molecule has 0 spiro atoms. The molecule has 0 unspecified atom stereocenters. The molecule has 3 rings (SSSR count). The van der Waals surface area contributed by atoms with Crippen LogP contribution in [0.5, 0.6) is 0 Å². The van der Waals surface area contributed by atoms with Crippen molar-refractivity contribution in [3.63, 3.8) is 0 Å². The summed E-state index contributed by atoms with van der Waals surface area (Å²) in [5.41, 5.74) is 0.857. The van der Waals surface area contributed by atoms with Gasteiger partial charge in [0, 0.05) is 43.9 Å². The zero-order valence-electron chi connectivity index (χ0n) is 14.4. The predicted octanol–water partition coefficient (Wildman–Crippen LogP) is 1.96. The van der Waals surface area contributed by atoms with Gasteiger partial charge in [0.05, 0.1) is 0 Å². The summed E-state index contributed by atoms with van der Waals surface area (Å²) in [7, 11) is 0. The number of rotatable bonds is 2. The van der Waals surface area contributed by atoms with Gasteiger partial charge in [0.25, 0.3) is 0 Å². The summed E-state index contributed by atoms with van der Waals surface area (Å²) in [6.45, 7) is 6.71. The number of aromatic nitrogens is 2. The van der Waals surface area contributed by atoms with Crippen LogP contribution in [-0.4, -0.2) is 57.9 Å². The van der Waals surface area contributed by atoms with Gasteiger partial charge in [-0.1, -0.05) is 0 Å². The number of nitrogens with zero attached hydrogens (tertiary/aromatic N) is 4. The van der Waals surface area contributed by atoms with Crippen LogP contribution in [0.3, 0.4) is 0 Å². The Morgan fingerprint density at radius 2 is 1.71 bits per heavy atom. The van der Waals surface area contributed by atoms with Gasteiger partial charge in [-0.2, -0.15) is 0 Å². The van der Waals surface area contributed by atoms with Crippen LogP contribution < -0.4 is 5.32 Å². The standard InChI is InChI=1S/C17H25N5O2/c1-12-11-18-13(2)19-15(12)20-16(23)14-5-9-22(10-6-14)17(24)21-7-3-4-8-21/h11,14H,3-10H2,1-2H3,(H,18,19,20,23). The number of carbonyl (C=O) groups is 2. The average molecular weight is 331 g/mol. The molecule has 0 aliphatic carbocycles. The van der Waals surface area contributed by atoms with Gasteiger partial charge in [-0.3, -0.25) is 4.79 Å². The van der Waals surface area contributed by atoms with Crippen molar-refractivity contribution in [1.29, 1.82) is 0 Å². The Kier molecular flexibility index (Phi) is 4.97. The molecule has 3 heterocycles. The molecular weight excluding hydrogens is 306 g/mol. The van der Waals surface area contributed by atoms with E-state index in [0.29, 0.717) is 37.6 Å². The first kappa shape index (κ1) is 16.7. The fourth-order valence-electron chi connectivity index (χ4n) is 3.32. The molecular formula is C17H25N5O2. The van der Waals surface area contributed by atoms with E-state index < -0.39 is 0 Å². The smallest absolute Gasteiger partial charge is 0.319 e. The number of hydrogen-bond acceptors (Lipinski definition) is 4. The Morgan fingerprint density at radius 1 is 1.08 bits per heavy atom. The Morgan fingerprint density at radius 3 is 2.38 bits per heavy atom. The van der Waals surface area contributed by atoms with Gasteiger partial charge in [0.2, 0.25) is 5.91 Å². The lowest BCUT2D eigenvalue weighted by Gasteiger charge is -2.34. The molecule has 3 amide bonds. The minimum absolute atomic E-state index is 0.00975. The van der Waals surface area contributed by atoms with E-state index in [4.69, 9.17) is 0 Å².